The summed E-state index contributed by atoms with van der Waals surface area (Å²) in [5, 5.41) is 10.8. The number of carbonyl (C=O) groups excluding carboxylic acids is 4. The van der Waals surface area contributed by atoms with Gasteiger partial charge in [0.25, 0.3) is 0 Å². The summed E-state index contributed by atoms with van der Waals surface area (Å²) >= 11 is 0. The van der Waals surface area contributed by atoms with E-state index in [9.17, 15) is 19.2 Å². The van der Waals surface area contributed by atoms with Crippen LogP contribution >= 0.6 is 0 Å². The third-order valence-corrected chi connectivity index (χ3v) is 6.92. The van der Waals surface area contributed by atoms with Crippen LogP contribution in [0.5, 0.6) is 0 Å². The van der Waals surface area contributed by atoms with Gasteiger partial charge in [0.2, 0.25) is 23.6 Å². The average Bonchev–Trinajstić information content (AvgIpc) is 3.17. The lowest BCUT2D eigenvalue weighted by molar-refractivity contribution is -0.121. The van der Waals surface area contributed by atoms with E-state index >= 15 is 0 Å². The Balaban J connectivity index is 5.04. The molecular weight excluding hydrogens is 692 g/mol. The number of carbonyl (C=O) groups is 4. The first-order valence-corrected chi connectivity index (χ1v) is 18.1. The van der Waals surface area contributed by atoms with Gasteiger partial charge in [0, 0.05) is 52.6 Å². The van der Waals surface area contributed by atoms with Gasteiger partial charge in [-0.3, -0.25) is 19.2 Å². The zero-order valence-electron chi connectivity index (χ0n) is 31.5. The Kier molecular flexibility index (Phi) is 34.4. The lowest BCUT2D eigenvalue weighted by Crippen LogP contribution is -2.43. The molecule has 0 radical (unpaired) electrons. The molecule has 4 amide bonds. The highest BCUT2D eigenvalue weighted by Gasteiger charge is 2.32. The van der Waals surface area contributed by atoms with Gasteiger partial charge in [0.1, 0.15) is 0 Å². The van der Waals surface area contributed by atoms with Crippen molar-refractivity contribution in [1.82, 2.24) is 21.3 Å². The first-order valence-electron chi connectivity index (χ1n) is 18.1. The molecule has 4 N–H and O–H groups in total. The Morgan fingerprint density at radius 2 is 0.566 bits per heavy atom. The molecule has 16 heteroatoms. The topological polar surface area (TPSA) is 190 Å². The highest BCUT2D eigenvalue weighted by molar-refractivity contribution is 5.87. The summed E-state index contributed by atoms with van der Waals surface area (Å²) in [7, 11) is 0. The molecule has 53 heavy (non-hydrogen) atoms. The summed E-state index contributed by atoms with van der Waals surface area (Å²) in [6, 6.07) is 0. The second-order valence-corrected chi connectivity index (χ2v) is 11.6. The van der Waals surface area contributed by atoms with Crippen LogP contribution in [0.4, 0.5) is 0 Å². The van der Waals surface area contributed by atoms with Crippen LogP contribution in [-0.2, 0) is 57.1 Å². The fourth-order valence-electron chi connectivity index (χ4n) is 4.12. The van der Waals surface area contributed by atoms with Crippen molar-refractivity contribution in [1.29, 1.82) is 0 Å². The van der Waals surface area contributed by atoms with Crippen molar-refractivity contribution >= 4 is 23.6 Å². The molecule has 0 aromatic heterocycles. The molecule has 0 atom stereocenters. The van der Waals surface area contributed by atoms with E-state index in [1.54, 1.807) is 0 Å². The van der Waals surface area contributed by atoms with Gasteiger partial charge >= 0.3 is 0 Å². The van der Waals surface area contributed by atoms with Crippen molar-refractivity contribution in [3.8, 4) is 0 Å². The second-order valence-electron chi connectivity index (χ2n) is 11.6. The van der Waals surface area contributed by atoms with E-state index in [4.69, 9.17) is 37.9 Å². The van der Waals surface area contributed by atoms with Crippen molar-refractivity contribution in [2.45, 2.75) is 25.7 Å². The summed E-state index contributed by atoms with van der Waals surface area (Å²) in [6.07, 6.45) is 7.52. The fourth-order valence-corrected chi connectivity index (χ4v) is 4.12. The number of ether oxygens (including phenoxy) is 8. The van der Waals surface area contributed by atoms with Crippen LogP contribution in [0.25, 0.3) is 0 Å². The lowest BCUT2D eigenvalue weighted by Gasteiger charge is -2.33. The van der Waals surface area contributed by atoms with Gasteiger partial charge in [-0.2, -0.15) is 0 Å². The Labute approximate surface area is 315 Å². The first kappa shape index (κ1) is 49.5. The Morgan fingerprint density at radius 3 is 0.774 bits per heavy atom. The van der Waals surface area contributed by atoms with E-state index in [0.29, 0.717) is 131 Å². The van der Waals surface area contributed by atoms with Gasteiger partial charge in [-0.05, 0) is 50.0 Å². The summed E-state index contributed by atoms with van der Waals surface area (Å²) in [5.74, 6) is -0.894. The molecule has 0 fully saturated rings. The van der Waals surface area contributed by atoms with Crippen molar-refractivity contribution < 1.29 is 57.1 Å². The lowest BCUT2D eigenvalue weighted by atomic mass is 9.92. The molecule has 304 valence electrons. The third kappa shape index (κ3) is 32.9. The van der Waals surface area contributed by atoms with Crippen molar-refractivity contribution in [2.75, 3.05) is 132 Å². The smallest absolute Gasteiger partial charge is 0.243 e. The van der Waals surface area contributed by atoms with E-state index in [1.165, 1.54) is 24.3 Å². The summed E-state index contributed by atoms with van der Waals surface area (Å²) in [6.45, 7) is 21.2. The van der Waals surface area contributed by atoms with Crippen LogP contribution in [0, 0.1) is 5.41 Å². The molecule has 0 spiro atoms. The molecule has 0 aliphatic carbocycles. The van der Waals surface area contributed by atoms with Gasteiger partial charge in [-0.1, -0.05) is 26.3 Å². The molecule has 0 saturated carbocycles. The van der Waals surface area contributed by atoms with Crippen LogP contribution in [0.15, 0.2) is 50.6 Å². The summed E-state index contributed by atoms with van der Waals surface area (Å²) in [4.78, 5) is 45.1. The highest BCUT2D eigenvalue weighted by Crippen LogP contribution is 2.21. The molecule has 0 rings (SSSR count). The maximum atomic E-state index is 11.3. The van der Waals surface area contributed by atoms with Crippen molar-refractivity contribution in [3.63, 3.8) is 0 Å². The Hall–Kier alpha value is -3.48. The second kappa shape index (κ2) is 36.9. The van der Waals surface area contributed by atoms with E-state index in [-0.39, 0.29) is 50.1 Å². The van der Waals surface area contributed by atoms with Gasteiger partial charge in [-0.25, -0.2) is 0 Å². The van der Waals surface area contributed by atoms with E-state index in [0.717, 1.165) is 0 Å². The van der Waals surface area contributed by atoms with Crippen molar-refractivity contribution in [2.24, 2.45) is 5.41 Å². The SMILES string of the molecule is C=CC(=O)NCCCOCCOCC(COCCOCCCNC(=O)C=C)(COCCOCCCNC(=O)C=C)COCCOCCCNC(=O)C=C. The molecule has 0 saturated heterocycles. The minimum Gasteiger partial charge on any atom is -0.379 e. The van der Waals surface area contributed by atoms with Gasteiger partial charge in [0.05, 0.1) is 84.7 Å². The van der Waals surface area contributed by atoms with E-state index in [2.05, 4.69) is 47.6 Å². The van der Waals surface area contributed by atoms with Gasteiger partial charge in [0.15, 0.2) is 0 Å². The number of hydrogen-bond donors (Lipinski definition) is 4. The molecule has 0 heterocycles. The molecular formula is C37H64N4O12. The van der Waals surface area contributed by atoms with Gasteiger partial charge < -0.3 is 59.2 Å². The molecule has 0 aromatic rings. The predicted molar refractivity (Wildman–Crippen MR) is 200 cm³/mol. The zero-order valence-corrected chi connectivity index (χ0v) is 31.5. The molecule has 16 nitrogen and oxygen atoms in total. The molecule has 0 aromatic carbocycles. The number of hydrogen-bond acceptors (Lipinski definition) is 12. The minimum atomic E-state index is -0.687. The largest absolute Gasteiger partial charge is 0.379 e. The Bertz CT molecular complexity index is 857. The molecule has 0 bridgehead atoms. The summed E-state index contributed by atoms with van der Waals surface area (Å²) in [5.41, 5.74) is -0.687. The minimum absolute atomic E-state index is 0.223. The van der Waals surface area contributed by atoms with Crippen LogP contribution in [0.1, 0.15) is 25.7 Å². The molecule has 0 aliphatic rings. The normalized spacial score (nSPS) is 11.0. The maximum absolute atomic E-state index is 11.3. The van der Waals surface area contributed by atoms with Crippen LogP contribution in [-0.4, -0.2) is 156 Å². The molecule has 0 aliphatic heterocycles. The number of nitrogens with one attached hydrogen (secondary N) is 4. The highest BCUT2D eigenvalue weighted by atomic mass is 16.6. The summed E-state index contributed by atoms with van der Waals surface area (Å²) < 4.78 is 46.8. The molecule has 0 unspecified atom stereocenters. The van der Waals surface area contributed by atoms with E-state index < -0.39 is 5.41 Å². The number of rotatable bonds is 40. The quantitative estimate of drug-likeness (QED) is 0.0511. The monoisotopic (exact) mass is 756 g/mol. The van der Waals surface area contributed by atoms with Crippen LogP contribution in [0.2, 0.25) is 0 Å². The fraction of sp³-hybridized carbons (Fsp3) is 0.676. The van der Waals surface area contributed by atoms with Crippen LogP contribution < -0.4 is 21.3 Å². The Morgan fingerprint density at radius 1 is 0.358 bits per heavy atom. The van der Waals surface area contributed by atoms with Crippen LogP contribution in [0.3, 0.4) is 0 Å². The standard InChI is InChI=1S/C37H64N4O12/c1-5-33(42)38-13-9-17-46-21-25-50-29-37(30-51-26-22-47-18-10-14-39-34(43)6-2,31-52-27-23-48-19-11-15-40-35(44)7-3)32-53-28-24-49-20-12-16-41-36(45)8-4/h5-8H,1-4,9-32H2,(H,38,42)(H,39,43)(H,40,44)(H,41,45). The maximum Gasteiger partial charge on any atom is 0.243 e. The van der Waals surface area contributed by atoms with Gasteiger partial charge in [-0.15, -0.1) is 0 Å². The number of amides is 4. The predicted octanol–water partition coefficient (Wildman–Crippen LogP) is 0.875. The van der Waals surface area contributed by atoms with Crippen molar-refractivity contribution in [3.05, 3.63) is 50.6 Å². The third-order valence-electron chi connectivity index (χ3n) is 6.92. The first-order chi connectivity index (χ1) is 25.8. The zero-order chi connectivity index (χ0) is 39.1. The average molecular weight is 757 g/mol. The van der Waals surface area contributed by atoms with E-state index in [1.807, 2.05) is 0 Å².